The zero-order chi connectivity index (χ0) is 17.7. The van der Waals surface area contributed by atoms with E-state index in [2.05, 4.69) is 20.9 Å². The van der Waals surface area contributed by atoms with Crippen LogP contribution in [0.2, 0.25) is 0 Å². The van der Waals surface area contributed by atoms with Crippen LogP contribution in [0.25, 0.3) is 0 Å². The lowest BCUT2D eigenvalue weighted by molar-refractivity contribution is -0.152. The van der Waals surface area contributed by atoms with Crippen molar-refractivity contribution in [3.8, 4) is 0 Å². The summed E-state index contributed by atoms with van der Waals surface area (Å²) < 4.78 is 10.9. The Morgan fingerprint density at radius 3 is 2.58 bits per heavy atom. The number of rotatable bonds is 5. The third kappa shape index (κ3) is 4.59. The van der Waals surface area contributed by atoms with Crippen molar-refractivity contribution in [1.82, 2.24) is 9.88 Å². The normalized spacial score (nSPS) is 16.5. The van der Waals surface area contributed by atoms with Crippen molar-refractivity contribution in [3.05, 3.63) is 22.4 Å². The van der Waals surface area contributed by atoms with Gasteiger partial charge in [0.25, 0.3) is 5.91 Å². The maximum atomic E-state index is 12.4. The lowest BCUT2D eigenvalue weighted by Crippen LogP contribution is -2.45. The summed E-state index contributed by atoms with van der Waals surface area (Å²) >= 11 is 3.23. The summed E-state index contributed by atoms with van der Waals surface area (Å²) in [5.74, 6) is -1.20. The number of hydrogen-bond acceptors (Lipinski definition) is 5. The van der Waals surface area contributed by atoms with Gasteiger partial charge in [-0.3, -0.25) is 9.59 Å². The van der Waals surface area contributed by atoms with Gasteiger partial charge in [-0.2, -0.15) is 0 Å². The fourth-order valence-corrected chi connectivity index (χ4v) is 2.96. The number of halogens is 1. The molecule has 0 bridgehead atoms. The van der Waals surface area contributed by atoms with Gasteiger partial charge in [0.05, 0.1) is 12.5 Å². The number of nitrogens with zero attached hydrogens (tertiary/aromatic N) is 1. The quantitative estimate of drug-likeness (QED) is 0.764. The van der Waals surface area contributed by atoms with Gasteiger partial charge < -0.3 is 19.4 Å². The number of aromatic amines is 1. The first kappa shape index (κ1) is 18.5. The van der Waals surface area contributed by atoms with Gasteiger partial charge in [0.15, 0.2) is 6.10 Å². The molecule has 0 aromatic carbocycles. The van der Waals surface area contributed by atoms with Crippen LogP contribution in [0, 0.1) is 5.92 Å². The van der Waals surface area contributed by atoms with Gasteiger partial charge in [-0.1, -0.05) is 0 Å². The second-order valence-corrected chi connectivity index (χ2v) is 6.55. The molecule has 1 amide bonds. The van der Waals surface area contributed by atoms with Crippen molar-refractivity contribution < 1.29 is 23.9 Å². The number of H-pyrrole nitrogens is 1. The van der Waals surface area contributed by atoms with E-state index in [1.54, 1.807) is 31.0 Å². The Kier molecular flexibility index (Phi) is 6.42. The summed E-state index contributed by atoms with van der Waals surface area (Å²) in [6.45, 7) is 4.60. The standard InChI is InChI=1S/C16H21BrN2O5/c1-3-23-15(21)11-4-6-19(7-5-11)14(20)10(2)24-16(22)13-8-12(17)9-18-13/h8-11,18H,3-7H2,1-2H3. The van der Waals surface area contributed by atoms with Crippen molar-refractivity contribution >= 4 is 33.8 Å². The fourth-order valence-electron chi connectivity index (χ4n) is 2.61. The van der Waals surface area contributed by atoms with Gasteiger partial charge >= 0.3 is 11.9 Å². The van der Waals surface area contributed by atoms with E-state index in [1.165, 1.54) is 0 Å². The number of piperidine rings is 1. The molecule has 7 nitrogen and oxygen atoms in total. The Balaban J connectivity index is 1.83. The Morgan fingerprint density at radius 2 is 2.04 bits per heavy atom. The highest BCUT2D eigenvalue weighted by atomic mass is 79.9. The summed E-state index contributed by atoms with van der Waals surface area (Å²) in [6.07, 6.45) is 1.87. The molecule has 1 atom stereocenters. The maximum Gasteiger partial charge on any atom is 0.355 e. The van der Waals surface area contributed by atoms with Crippen LogP contribution in [0.1, 0.15) is 37.2 Å². The van der Waals surface area contributed by atoms with Crippen LogP contribution in [0.4, 0.5) is 0 Å². The molecule has 1 N–H and O–H groups in total. The molecule has 1 aliphatic rings. The number of ether oxygens (including phenoxy) is 2. The van der Waals surface area contributed by atoms with Crippen LogP contribution >= 0.6 is 15.9 Å². The summed E-state index contributed by atoms with van der Waals surface area (Å²) in [4.78, 5) is 40.4. The molecule has 1 saturated heterocycles. The molecule has 0 saturated carbocycles. The molecule has 132 valence electrons. The van der Waals surface area contributed by atoms with Crippen molar-refractivity contribution in [1.29, 1.82) is 0 Å². The van der Waals surface area contributed by atoms with Gasteiger partial charge in [0, 0.05) is 23.8 Å². The largest absolute Gasteiger partial charge is 0.466 e. The highest BCUT2D eigenvalue weighted by molar-refractivity contribution is 9.10. The third-order valence-corrected chi connectivity index (χ3v) is 4.38. The van der Waals surface area contributed by atoms with Gasteiger partial charge in [0.1, 0.15) is 5.69 Å². The summed E-state index contributed by atoms with van der Waals surface area (Å²) in [5, 5.41) is 0. The summed E-state index contributed by atoms with van der Waals surface area (Å²) in [5.41, 5.74) is 0.280. The van der Waals surface area contributed by atoms with Gasteiger partial charge in [0.2, 0.25) is 0 Å². The lowest BCUT2D eigenvalue weighted by atomic mass is 9.97. The Bertz CT molecular complexity index is 607. The number of amides is 1. The first-order chi connectivity index (χ1) is 11.4. The second kappa shape index (κ2) is 8.32. The average Bonchev–Trinajstić information content (AvgIpc) is 3.01. The van der Waals surface area contributed by atoms with E-state index in [0.29, 0.717) is 32.5 Å². The predicted molar refractivity (Wildman–Crippen MR) is 89.3 cm³/mol. The van der Waals surface area contributed by atoms with Crippen molar-refractivity contribution in [2.24, 2.45) is 5.92 Å². The third-order valence-electron chi connectivity index (χ3n) is 3.93. The molecule has 8 heteroatoms. The minimum Gasteiger partial charge on any atom is -0.466 e. The van der Waals surface area contributed by atoms with Crippen molar-refractivity contribution in [3.63, 3.8) is 0 Å². The van der Waals surface area contributed by atoms with E-state index < -0.39 is 12.1 Å². The molecular weight excluding hydrogens is 380 g/mol. The van der Waals surface area contributed by atoms with E-state index >= 15 is 0 Å². The monoisotopic (exact) mass is 400 g/mol. The summed E-state index contributed by atoms with van der Waals surface area (Å²) in [7, 11) is 0. The molecule has 1 fully saturated rings. The fraction of sp³-hybridized carbons (Fsp3) is 0.562. The predicted octanol–water partition coefficient (Wildman–Crippen LogP) is 2.12. The van der Waals surface area contributed by atoms with E-state index in [9.17, 15) is 14.4 Å². The molecule has 0 radical (unpaired) electrons. The average molecular weight is 401 g/mol. The van der Waals surface area contributed by atoms with Crippen LogP contribution in [0.3, 0.4) is 0 Å². The van der Waals surface area contributed by atoms with Crippen LogP contribution in [-0.2, 0) is 19.1 Å². The number of likely N-dealkylation sites (tertiary alicyclic amines) is 1. The Hall–Kier alpha value is -1.83. The van der Waals surface area contributed by atoms with Gasteiger partial charge in [-0.05, 0) is 48.7 Å². The van der Waals surface area contributed by atoms with Gasteiger partial charge in [-0.15, -0.1) is 0 Å². The molecule has 1 aliphatic heterocycles. The number of aromatic nitrogens is 1. The van der Waals surface area contributed by atoms with Crippen LogP contribution in [0.5, 0.6) is 0 Å². The topological polar surface area (TPSA) is 88.7 Å². The zero-order valence-corrected chi connectivity index (χ0v) is 15.3. The van der Waals surface area contributed by atoms with Crippen LogP contribution in [0.15, 0.2) is 16.7 Å². The Labute approximate surface area is 148 Å². The molecule has 2 heterocycles. The minimum absolute atomic E-state index is 0.164. The highest BCUT2D eigenvalue weighted by Crippen LogP contribution is 2.20. The lowest BCUT2D eigenvalue weighted by Gasteiger charge is -2.32. The summed E-state index contributed by atoms with van der Waals surface area (Å²) in [6, 6.07) is 1.59. The first-order valence-electron chi connectivity index (χ1n) is 7.92. The van der Waals surface area contributed by atoms with Crippen LogP contribution in [-0.4, -0.2) is 53.5 Å². The zero-order valence-electron chi connectivity index (χ0n) is 13.7. The number of nitrogens with one attached hydrogen (secondary N) is 1. The maximum absolute atomic E-state index is 12.4. The SMILES string of the molecule is CCOC(=O)C1CCN(C(=O)C(C)OC(=O)c2cc(Br)c[nH]2)CC1. The molecule has 2 rings (SSSR count). The van der Waals surface area contributed by atoms with E-state index in [4.69, 9.17) is 9.47 Å². The number of carbonyl (C=O) groups is 3. The first-order valence-corrected chi connectivity index (χ1v) is 8.72. The second-order valence-electron chi connectivity index (χ2n) is 5.63. The molecular formula is C16H21BrN2O5. The number of hydrogen-bond donors (Lipinski definition) is 1. The van der Waals surface area contributed by atoms with Crippen LogP contribution < -0.4 is 0 Å². The molecule has 1 unspecified atom stereocenters. The highest BCUT2D eigenvalue weighted by Gasteiger charge is 2.31. The van der Waals surface area contributed by atoms with E-state index in [1.807, 2.05) is 0 Å². The van der Waals surface area contributed by atoms with Crippen molar-refractivity contribution in [2.75, 3.05) is 19.7 Å². The smallest absolute Gasteiger partial charge is 0.355 e. The van der Waals surface area contributed by atoms with E-state index in [-0.39, 0.29) is 23.5 Å². The van der Waals surface area contributed by atoms with Gasteiger partial charge in [-0.25, -0.2) is 4.79 Å². The minimum atomic E-state index is -0.876. The molecule has 0 aliphatic carbocycles. The molecule has 0 spiro atoms. The molecule has 24 heavy (non-hydrogen) atoms. The number of esters is 2. The Morgan fingerprint density at radius 1 is 1.38 bits per heavy atom. The van der Waals surface area contributed by atoms with Crippen molar-refractivity contribution in [2.45, 2.75) is 32.8 Å². The number of carbonyl (C=O) groups excluding carboxylic acids is 3. The van der Waals surface area contributed by atoms with E-state index in [0.717, 1.165) is 4.47 Å². The molecule has 1 aromatic rings. The molecule has 1 aromatic heterocycles.